The number of morpholine rings is 1. The van der Waals surface area contributed by atoms with Crippen molar-refractivity contribution in [1.29, 1.82) is 0 Å². The lowest BCUT2D eigenvalue weighted by molar-refractivity contribution is -0.0443. The third-order valence-corrected chi connectivity index (χ3v) is 5.47. The number of rotatable bonds is 5. The van der Waals surface area contributed by atoms with Crippen LogP contribution in [0.25, 0.3) is 0 Å². The van der Waals surface area contributed by atoms with Crippen molar-refractivity contribution in [3.63, 3.8) is 0 Å². The molecule has 1 N–H and O–H groups in total. The number of sulfonamides is 1. The van der Waals surface area contributed by atoms with Gasteiger partial charge in [-0.15, -0.1) is 0 Å². The summed E-state index contributed by atoms with van der Waals surface area (Å²) in [7, 11) is -3.57. The smallest absolute Gasteiger partial charge is 0.276 e. The fraction of sp³-hybridized carbons (Fsp3) is 0.714. The van der Waals surface area contributed by atoms with E-state index in [0.29, 0.717) is 31.4 Å². The van der Waals surface area contributed by atoms with Crippen LogP contribution in [-0.4, -0.2) is 44.1 Å². The standard InChI is InChI=1S/C14H22N2O4S/c1-10-8-16(9-11(2)19-10)21(17,18)14-6-5-13(20-14)7-15-12-3-4-12/h5-6,10-12,15H,3-4,7-9H2,1-2H3/t10-,11+. The highest BCUT2D eigenvalue weighted by Crippen LogP contribution is 2.24. The number of ether oxygens (including phenoxy) is 1. The van der Waals surface area contributed by atoms with Crippen LogP contribution in [0.1, 0.15) is 32.4 Å². The molecule has 2 atom stereocenters. The van der Waals surface area contributed by atoms with E-state index >= 15 is 0 Å². The predicted molar refractivity (Wildman–Crippen MR) is 77.3 cm³/mol. The van der Waals surface area contributed by atoms with E-state index in [2.05, 4.69) is 5.32 Å². The van der Waals surface area contributed by atoms with Crippen LogP contribution in [0, 0.1) is 0 Å². The summed E-state index contributed by atoms with van der Waals surface area (Å²) >= 11 is 0. The van der Waals surface area contributed by atoms with Crippen LogP contribution >= 0.6 is 0 Å². The maximum Gasteiger partial charge on any atom is 0.276 e. The molecule has 0 unspecified atom stereocenters. The second-order valence-corrected chi connectivity index (χ2v) is 7.82. The zero-order chi connectivity index (χ0) is 15.0. The quantitative estimate of drug-likeness (QED) is 0.888. The van der Waals surface area contributed by atoms with E-state index in [0.717, 1.165) is 0 Å². The Bertz CT molecular complexity index is 584. The molecule has 7 heteroatoms. The van der Waals surface area contributed by atoms with Crippen molar-refractivity contribution in [3.05, 3.63) is 17.9 Å². The van der Waals surface area contributed by atoms with Gasteiger partial charge in [0.2, 0.25) is 5.09 Å². The summed E-state index contributed by atoms with van der Waals surface area (Å²) in [4.78, 5) is 0. The molecule has 6 nitrogen and oxygen atoms in total. The molecule has 1 aromatic rings. The Morgan fingerprint density at radius 2 is 1.90 bits per heavy atom. The van der Waals surface area contributed by atoms with Crippen LogP contribution in [0.4, 0.5) is 0 Å². The first-order chi connectivity index (χ1) is 9.95. The van der Waals surface area contributed by atoms with Gasteiger partial charge < -0.3 is 14.5 Å². The lowest BCUT2D eigenvalue weighted by atomic mass is 10.3. The molecule has 1 saturated heterocycles. The minimum absolute atomic E-state index is 0.0244. The van der Waals surface area contributed by atoms with Crippen molar-refractivity contribution >= 4 is 10.0 Å². The molecule has 0 radical (unpaired) electrons. The Labute approximate surface area is 125 Å². The average Bonchev–Trinajstić information content (AvgIpc) is 3.11. The molecule has 2 heterocycles. The summed E-state index contributed by atoms with van der Waals surface area (Å²) in [5, 5.41) is 3.33. The first-order valence-corrected chi connectivity index (χ1v) is 8.87. The zero-order valence-corrected chi connectivity index (χ0v) is 13.2. The summed E-state index contributed by atoms with van der Waals surface area (Å²) in [6.45, 7) is 5.07. The van der Waals surface area contributed by atoms with Crippen LogP contribution < -0.4 is 5.32 Å². The fourth-order valence-corrected chi connectivity index (χ4v) is 4.10. The van der Waals surface area contributed by atoms with Crippen LogP contribution in [-0.2, 0) is 21.3 Å². The molecule has 0 bridgehead atoms. The van der Waals surface area contributed by atoms with Gasteiger partial charge in [-0.1, -0.05) is 0 Å². The average molecular weight is 314 g/mol. The van der Waals surface area contributed by atoms with E-state index < -0.39 is 10.0 Å². The van der Waals surface area contributed by atoms with Gasteiger partial charge in [0.1, 0.15) is 5.76 Å². The number of nitrogens with zero attached hydrogens (tertiary/aromatic N) is 1. The maximum absolute atomic E-state index is 12.6. The van der Waals surface area contributed by atoms with Gasteiger partial charge in [0.25, 0.3) is 10.0 Å². The molecule has 2 aliphatic rings. The molecule has 0 aromatic carbocycles. The Hall–Kier alpha value is -0.890. The van der Waals surface area contributed by atoms with E-state index in [9.17, 15) is 8.42 Å². The molecule has 2 fully saturated rings. The van der Waals surface area contributed by atoms with Crippen molar-refractivity contribution < 1.29 is 17.6 Å². The molecule has 3 rings (SSSR count). The van der Waals surface area contributed by atoms with E-state index in [-0.39, 0.29) is 17.3 Å². The Morgan fingerprint density at radius 1 is 1.24 bits per heavy atom. The number of hydrogen-bond donors (Lipinski definition) is 1. The molecule has 21 heavy (non-hydrogen) atoms. The van der Waals surface area contributed by atoms with Crippen molar-refractivity contribution in [2.45, 2.75) is 56.6 Å². The minimum atomic E-state index is -3.57. The van der Waals surface area contributed by atoms with Gasteiger partial charge in [-0.3, -0.25) is 0 Å². The van der Waals surface area contributed by atoms with Crippen molar-refractivity contribution in [1.82, 2.24) is 9.62 Å². The lowest BCUT2D eigenvalue weighted by Crippen LogP contribution is -2.47. The molecule has 0 amide bonds. The van der Waals surface area contributed by atoms with E-state index in [4.69, 9.17) is 9.15 Å². The lowest BCUT2D eigenvalue weighted by Gasteiger charge is -2.33. The van der Waals surface area contributed by atoms with E-state index in [1.165, 1.54) is 17.1 Å². The zero-order valence-electron chi connectivity index (χ0n) is 12.4. The van der Waals surface area contributed by atoms with Gasteiger partial charge in [0, 0.05) is 19.1 Å². The minimum Gasteiger partial charge on any atom is -0.447 e. The fourth-order valence-electron chi connectivity index (χ4n) is 2.58. The summed E-state index contributed by atoms with van der Waals surface area (Å²) in [5.74, 6) is 0.662. The second-order valence-electron chi connectivity index (χ2n) is 5.96. The van der Waals surface area contributed by atoms with Crippen LogP contribution in [0.5, 0.6) is 0 Å². The van der Waals surface area contributed by atoms with E-state index in [1.807, 2.05) is 13.8 Å². The number of nitrogens with one attached hydrogen (secondary N) is 1. The molecule has 1 aromatic heterocycles. The van der Waals surface area contributed by atoms with Crippen LogP contribution in [0.2, 0.25) is 0 Å². The summed E-state index contributed by atoms with van der Waals surface area (Å²) < 4.78 is 37.7. The predicted octanol–water partition coefficient (Wildman–Crippen LogP) is 1.33. The van der Waals surface area contributed by atoms with Gasteiger partial charge in [-0.05, 0) is 38.8 Å². The Balaban J connectivity index is 1.71. The highest BCUT2D eigenvalue weighted by atomic mass is 32.2. The summed E-state index contributed by atoms with van der Waals surface area (Å²) in [6, 6.07) is 3.84. The first kappa shape index (κ1) is 15.0. The van der Waals surface area contributed by atoms with Gasteiger partial charge in [-0.25, -0.2) is 8.42 Å². The van der Waals surface area contributed by atoms with Crippen molar-refractivity contribution in [3.8, 4) is 0 Å². The third-order valence-electron chi connectivity index (χ3n) is 3.76. The number of hydrogen-bond acceptors (Lipinski definition) is 5. The largest absolute Gasteiger partial charge is 0.447 e. The molecule has 1 aliphatic heterocycles. The molecule has 1 saturated carbocycles. The van der Waals surface area contributed by atoms with Gasteiger partial charge in [0.05, 0.1) is 18.8 Å². The monoisotopic (exact) mass is 314 g/mol. The Morgan fingerprint density at radius 3 is 2.52 bits per heavy atom. The Kier molecular flexibility index (Phi) is 4.09. The highest BCUT2D eigenvalue weighted by molar-refractivity contribution is 7.89. The van der Waals surface area contributed by atoms with Gasteiger partial charge in [0.15, 0.2) is 0 Å². The summed E-state index contributed by atoms with van der Waals surface area (Å²) in [6.07, 6.45) is 2.18. The highest BCUT2D eigenvalue weighted by Gasteiger charge is 2.34. The normalized spacial score (nSPS) is 27.9. The second kappa shape index (κ2) is 5.72. The topological polar surface area (TPSA) is 71.8 Å². The SMILES string of the molecule is C[C@@H]1CN(S(=O)(=O)c2ccc(CNC3CC3)o2)C[C@H](C)O1. The molecule has 1 aliphatic carbocycles. The molecular formula is C14H22N2O4S. The maximum atomic E-state index is 12.6. The van der Waals surface area contributed by atoms with Crippen LogP contribution in [0.3, 0.4) is 0 Å². The molecular weight excluding hydrogens is 292 g/mol. The van der Waals surface area contributed by atoms with Crippen molar-refractivity contribution in [2.24, 2.45) is 0 Å². The van der Waals surface area contributed by atoms with Crippen LogP contribution in [0.15, 0.2) is 21.6 Å². The van der Waals surface area contributed by atoms with Gasteiger partial charge in [-0.2, -0.15) is 4.31 Å². The van der Waals surface area contributed by atoms with Crippen molar-refractivity contribution in [2.75, 3.05) is 13.1 Å². The first-order valence-electron chi connectivity index (χ1n) is 7.43. The third kappa shape index (κ3) is 3.48. The van der Waals surface area contributed by atoms with Gasteiger partial charge >= 0.3 is 0 Å². The molecule has 0 spiro atoms. The van der Waals surface area contributed by atoms with E-state index in [1.54, 1.807) is 12.1 Å². The summed E-state index contributed by atoms with van der Waals surface area (Å²) in [5.41, 5.74) is 0. The molecule has 118 valence electrons. The number of furan rings is 1.